The zero-order chi connectivity index (χ0) is 37.3. The van der Waals surface area contributed by atoms with Crippen molar-refractivity contribution in [3.05, 3.63) is 184 Å². The molecule has 8 heterocycles. The van der Waals surface area contributed by atoms with Crippen molar-refractivity contribution in [3.8, 4) is 57.1 Å². The van der Waals surface area contributed by atoms with E-state index in [-0.39, 0.29) is 42.1 Å². The van der Waals surface area contributed by atoms with E-state index in [1.165, 1.54) is 0 Å². The largest absolute Gasteiger partial charge is 0.509 e. The number of nitrogens with zero attached hydrogens (tertiary/aromatic N) is 10. The van der Waals surface area contributed by atoms with E-state index in [0.717, 1.165) is 33.4 Å². The molecule has 286 valence electrons. The Morgan fingerprint density at radius 2 is 0.862 bits per heavy atom. The van der Waals surface area contributed by atoms with Crippen LogP contribution in [0.1, 0.15) is 0 Å². The average Bonchev–Trinajstić information content (AvgIpc) is 3.85. The minimum atomic E-state index is 0. The zero-order valence-corrected chi connectivity index (χ0v) is 34.3. The molecular formula is C44H24N10O2Pt2-4. The monoisotopic (exact) mass is 1110 g/mol. The Labute approximate surface area is 360 Å². The van der Waals surface area contributed by atoms with Gasteiger partial charge in [-0.1, -0.05) is 60.9 Å². The third kappa shape index (κ3) is 7.55. The minimum absolute atomic E-state index is 0. The van der Waals surface area contributed by atoms with Crippen molar-refractivity contribution in [1.82, 2.24) is 39.0 Å². The molecule has 14 heteroatoms. The van der Waals surface area contributed by atoms with Crippen LogP contribution in [0.25, 0.3) is 56.2 Å². The number of hydrogen-bond donors (Lipinski definition) is 0. The Morgan fingerprint density at radius 1 is 0.431 bits per heavy atom. The van der Waals surface area contributed by atoms with Crippen LogP contribution < -0.4 is 18.6 Å². The molecule has 12 nitrogen and oxygen atoms in total. The van der Waals surface area contributed by atoms with Crippen molar-refractivity contribution in [3.63, 3.8) is 0 Å². The Bertz CT molecular complexity index is 2810. The number of hydrogen-bond acceptors (Lipinski definition) is 8. The summed E-state index contributed by atoms with van der Waals surface area (Å²) in [5.41, 5.74) is 7.73. The normalized spacial score (nSPS) is 10.8. The number of pyridine rings is 6. The SMILES string of the molecule is [Pt].[Pt].[c-]1c(Oc2[c-]c(-c3[c-]c(Oc4[c-]c(-[n+]5[c-]n(-c6ccncc6)c6ccccc65)cnc4)ccn3)ncc2)cncc1-[n+]1[c-]n(-c2ccncc2)c2ccccc21. The standard InChI is InChI=1S/C44H24N10O2.2Pt/c1-3-7-43-41(5-1)51(31-9-15-45-16-10-31)29-53(43)33-21-37(27-47-25-33)55-35-13-19-49-39(23-35)40-24-36(14-20-50-40)56-38-22-34(26-48-28-38)54-30-52(32-11-17-46-18-12-32)42-6-2-4-8-44(42)54;;/h1-20,25-28H;;/q-4;;. The summed E-state index contributed by atoms with van der Waals surface area (Å²) >= 11 is 0. The second kappa shape index (κ2) is 16.8. The van der Waals surface area contributed by atoms with Crippen LogP contribution in [0.5, 0.6) is 23.0 Å². The van der Waals surface area contributed by atoms with Gasteiger partial charge in [0, 0.05) is 89.9 Å². The molecule has 10 rings (SSSR count). The van der Waals surface area contributed by atoms with Gasteiger partial charge >= 0.3 is 0 Å². The average molecular weight is 1110 g/mol. The van der Waals surface area contributed by atoms with Gasteiger partial charge in [0.2, 0.25) is 0 Å². The second-order valence-corrected chi connectivity index (χ2v) is 12.3. The molecule has 0 amide bonds. The number of rotatable bonds is 9. The fraction of sp³-hybridized carbons (Fsp3) is 0. The predicted octanol–water partition coefficient (Wildman–Crippen LogP) is 6.55. The minimum Gasteiger partial charge on any atom is -0.509 e. The Balaban J connectivity index is 0.00000235. The summed E-state index contributed by atoms with van der Waals surface area (Å²) < 4.78 is 20.1. The molecule has 0 spiro atoms. The van der Waals surface area contributed by atoms with Crippen LogP contribution in [0.15, 0.2) is 147 Å². The third-order valence-electron chi connectivity index (χ3n) is 8.74. The molecule has 0 aliphatic carbocycles. The van der Waals surface area contributed by atoms with Crippen molar-refractivity contribution in [1.29, 1.82) is 0 Å². The number of imidazole rings is 2. The molecular weight excluding hydrogens is 1090 g/mol. The Morgan fingerprint density at radius 3 is 1.31 bits per heavy atom. The maximum Gasteiger partial charge on any atom is 0.268 e. The first kappa shape index (κ1) is 38.1. The van der Waals surface area contributed by atoms with E-state index in [4.69, 9.17) is 9.47 Å². The van der Waals surface area contributed by atoms with Gasteiger partial charge in [-0.25, -0.2) is 0 Å². The van der Waals surface area contributed by atoms with E-state index < -0.39 is 0 Å². The van der Waals surface area contributed by atoms with Crippen LogP contribution in [0.3, 0.4) is 0 Å². The van der Waals surface area contributed by atoms with Gasteiger partial charge in [0.05, 0.1) is 33.4 Å². The topological polar surface area (TPSA) is 113 Å². The van der Waals surface area contributed by atoms with Crippen molar-refractivity contribution < 1.29 is 60.7 Å². The Kier molecular flexibility index (Phi) is 11.0. The number of aromatic nitrogens is 10. The summed E-state index contributed by atoms with van der Waals surface area (Å²) in [6.07, 6.45) is 23.7. The fourth-order valence-electron chi connectivity index (χ4n) is 6.25. The molecule has 2 aromatic carbocycles. The van der Waals surface area contributed by atoms with Crippen LogP contribution in [-0.2, 0) is 42.1 Å². The van der Waals surface area contributed by atoms with Crippen molar-refractivity contribution in [2.45, 2.75) is 0 Å². The summed E-state index contributed by atoms with van der Waals surface area (Å²) in [6.45, 7) is 0. The number of para-hydroxylation sites is 4. The van der Waals surface area contributed by atoms with Gasteiger partial charge in [0.25, 0.3) is 12.7 Å². The fourth-order valence-corrected chi connectivity index (χ4v) is 6.25. The van der Waals surface area contributed by atoms with Gasteiger partial charge in [-0.2, -0.15) is 12.1 Å². The van der Waals surface area contributed by atoms with Crippen LogP contribution in [0.4, 0.5) is 0 Å². The molecule has 0 saturated heterocycles. The van der Waals surface area contributed by atoms with Crippen LogP contribution in [0.2, 0.25) is 0 Å². The smallest absolute Gasteiger partial charge is 0.268 e. The first-order chi connectivity index (χ1) is 27.7. The summed E-state index contributed by atoms with van der Waals surface area (Å²) in [5.74, 6) is 1.55. The Hall–Kier alpha value is -6.74. The van der Waals surface area contributed by atoms with Gasteiger partial charge < -0.3 is 38.5 Å². The molecule has 0 unspecified atom stereocenters. The molecule has 0 bridgehead atoms. The summed E-state index contributed by atoms with van der Waals surface area (Å²) in [4.78, 5) is 26.1. The first-order valence-electron chi connectivity index (χ1n) is 17.3. The first-order valence-corrected chi connectivity index (χ1v) is 17.3. The van der Waals surface area contributed by atoms with Crippen LogP contribution in [0, 0.1) is 36.9 Å². The molecule has 58 heavy (non-hydrogen) atoms. The number of ether oxygens (including phenoxy) is 2. The van der Waals surface area contributed by atoms with Crippen molar-refractivity contribution in [2.24, 2.45) is 0 Å². The molecule has 0 atom stereocenters. The van der Waals surface area contributed by atoms with Gasteiger partial charge in [0.15, 0.2) is 0 Å². The van der Waals surface area contributed by atoms with Crippen molar-refractivity contribution >= 4 is 22.1 Å². The van der Waals surface area contributed by atoms with Gasteiger partial charge in [-0.15, -0.1) is 35.7 Å². The second-order valence-electron chi connectivity index (χ2n) is 12.3. The summed E-state index contributed by atoms with van der Waals surface area (Å²) in [5, 5.41) is 0. The molecule has 8 aromatic heterocycles. The van der Waals surface area contributed by atoms with Crippen LogP contribution >= 0.6 is 0 Å². The van der Waals surface area contributed by atoms with Gasteiger partial charge in [-0.3, -0.25) is 19.1 Å². The summed E-state index contributed by atoms with van der Waals surface area (Å²) in [7, 11) is 0. The van der Waals surface area contributed by atoms with E-state index in [1.807, 2.05) is 91.1 Å². The number of fused-ring (bicyclic) bond motifs is 2. The maximum absolute atomic E-state index is 6.20. The van der Waals surface area contributed by atoms with E-state index >= 15 is 0 Å². The summed E-state index contributed by atoms with van der Waals surface area (Å²) in [6, 6.07) is 40.2. The van der Waals surface area contributed by atoms with E-state index in [9.17, 15) is 0 Å². The quantitative estimate of drug-likeness (QED) is 0.118. The maximum atomic E-state index is 6.20. The predicted molar refractivity (Wildman–Crippen MR) is 201 cm³/mol. The third-order valence-corrected chi connectivity index (χ3v) is 8.74. The van der Waals surface area contributed by atoms with E-state index in [2.05, 4.69) is 66.8 Å². The molecule has 0 saturated carbocycles. The number of benzene rings is 2. The zero-order valence-electron chi connectivity index (χ0n) is 29.8. The van der Waals surface area contributed by atoms with Crippen LogP contribution in [-0.4, -0.2) is 39.0 Å². The molecule has 0 aliphatic heterocycles. The van der Waals surface area contributed by atoms with E-state index in [0.29, 0.717) is 45.8 Å². The molecule has 0 fully saturated rings. The molecule has 10 aromatic rings. The van der Waals surface area contributed by atoms with Gasteiger partial charge in [0.1, 0.15) is 0 Å². The molecule has 0 radical (unpaired) electrons. The van der Waals surface area contributed by atoms with E-state index in [1.54, 1.807) is 74.1 Å². The van der Waals surface area contributed by atoms with Gasteiger partial charge in [-0.05, 0) is 60.4 Å². The van der Waals surface area contributed by atoms with Crippen molar-refractivity contribution in [2.75, 3.05) is 0 Å². The molecule has 0 N–H and O–H groups in total. The molecule has 0 aliphatic rings.